The second-order valence-electron chi connectivity index (χ2n) is 5.96. The van der Waals surface area contributed by atoms with Crippen molar-refractivity contribution in [3.05, 3.63) is 47.8 Å². The highest BCUT2D eigenvalue weighted by Gasteiger charge is 2.27. The zero-order valence-corrected chi connectivity index (χ0v) is 13.3. The van der Waals surface area contributed by atoms with Crippen LogP contribution in [0.3, 0.4) is 0 Å². The van der Waals surface area contributed by atoms with Gasteiger partial charge in [-0.2, -0.15) is 0 Å². The van der Waals surface area contributed by atoms with E-state index in [0.717, 1.165) is 31.6 Å². The average Bonchev–Trinajstić information content (AvgIpc) is 3.04. The van der Waals surface area contributed by atoms with Crippen LogP contribution in [0.4, 0.5) is 4.39 Å². The van der Waals surface area contributed by atoms with Crippen LogP contribution in [0.5, 0.6) is 0 Å². The Kier molecular flexibility index (Phi) is 4.69. The van der Waals surface area contributed by atoms with Crippen molar-refractivity contribution in [2.75, 3.05) is 13.1 Å². The number of aryl methyl sites for hydroxylation is 1. The Labute approximate surface area is 135 Å². The Morgan fingerprint density at radius 3 is 2.61 bits per heavy atom. The number of carbonyl (C=O) groups excluding carboxylic acids is 1. The van der Waals surface area contributed by atoms with Crippen molar-refractivity contribution in [2.45, 2.75) is 38.6 Å². The van der Waals surface area contributed by atoms with Gasteiger partial charge in [-0.25, -0.2) is 4.39 Å². The lowest BCUT2D eigenvalue weighted by molar-refractivity contribution is 0.0710. The summed E-state index contributed by atoms with van der Waals surface area (Å²) in [5.74, 6) is 1.02. The third kappa shape index (κ3) is 3.41. The van der Waals surface area contributed by atoms with E-state index in [2.05, 4.69) is 21.7 Å². The first kappa shape index (κ1) is 15.6. The molecule has 1 aromatic heterocycles. The first-order valence-electron chi connectivity index (χ1n) is 8.11. The van der Waals surface area contributed by atoms with Crippen molar-refractivity contribution in [3.63, 3.8) is 0 Å². The molecule has 0 saturated carbocycles. The Hall–Kier alpha value is -2.24. The van der Waals surface area contributed by atoms with E-state index in [4.69, 9.17) is 0 Å². The van der Waals surface area contributed by atoms with Crippen LogP contribution in [-0.4, -0.2) is 38.7 Å². The first-order valence-corrected chi connectivity index (χ1v) is 8.11. The number of likely N-dealkylation sites (tertiary alicyclic amines) is 1. The fraction of sp³-hybridized carbons (Fsp3) is 0.471. The molecule has 1 saturated heterocycles. The lowest BCUT2D eigenvalue weighted by atomic mass is 9.95. The summed E-state index contributed by atoms with van der Waals surface area (Å²) in [6.45, 7) is 4.45. The lowest BCUT2D eigenvalue weighted by Crippen LogP contribution is -2.38. The van der Waals surface area contributed by atoms with Gasteiger partial charge >= 0.3 is 0 Å². The number of nitrogens with zero attached hydrogens (tertiary/aromatic N) is 4. The molecule has 6 heteroatoms. The largest absolute Gasteiger partial charge is 0.339 e. The number of aromatic nitrogens is 3. The molecule has 0 spiro atoms. The summed E-state index contributed by atoms with van der Waals surface area (Å²) < 4.78 is 15.1. The number of hydrogen-bond acceptors (Lipinski definition) is 3. The molecule has 1 amide bonds. The molecule has 23 heavy (non-hydrogen) atoms. The predicted octanol–water partition coefficient (Wildman–Crippen LogP) is 2.85. The molecule has 2 heterocycles. The van der Waals surface area contributed by atoms with E-state index in [1.165, 1.54) is 12.1 Å². The molecular formula is C17H21FN4O. The van der Waals surface area contributed by atoms with E-state index >= 15 is 0 Å². The van der Waals surface area contributed by atoms with Crippen LogP contribution in [0.25, 0.3) is 0 Å². The second kappa shape index (κ2) is 6.89. The minimum atomic E-state index is -0.324. The van der Waals surface area contributed by atoms with Crippen LogP contribution in [0.15, 0.2) is 30.6 Å². The van der Waals surface area contributed by atoms with E-state index in [1.54, 1.807) is 18.5 Å². The van der Waals surface area contributed by atoms with Gasteiger partial charge in [0.25, 0.3) is 5.91 Å². The van der Waals surface area contributed by atoms with Gasteiger partial charge in [0.15, 0.2) is 0 Å². The van der Waals surface area contributed by atoms with Crippen LogP contribution in [0.2, 0.25) is 0 Å². The van der Waals surface area contributed by atoms with Crippen LogP contribution in [-0.2, 0) is 6.54 Å². The van der Waals surface area contributed by atoms with E-state index in [1.807, 2.05) is 4.90 Å². The molecule has 1 fully saturated rings. The van der Waals surface area contributed by atoms with Crippen molar-refractivity contribution in [3.8, 4) is 0 Å². The third-order valence-electron chi connectivity index (χ3n) is 4.35. The van der Waals surface area contributed by atoms with Gasteiger partial charge in [-0.3, -0.25) is 4.79 Å². The highest BCUT2D eigenvalue weighted by atomic mass is 19.1. The SMILES string of the molecule is CCCn1cnnc1C1CCN(C(=O)c2ccc(F)cc2)CC1. The van der Waals surface area contributed by atoms with Gasteiger partial charge in [0, 0.05) is 31.1 Å². The lowest BCUT2D eigenvalue weighted by Gasteiger charge is -2.31. The molecule has 2 aromatic rings. The summed E-state index contributed by atoms with van der Waals surface area (Å²) >= 11 is 0. The Bertz CT molecular complexity index is 659. The number of rotatable bonds is 4. The number of benzene rings is 1. The number of hydrogen-bond donors (Lipinski definition) is 0. The summed E-state index contributed by atoms with van der Waals surface area (Å²) in [6, 6.07) is 5.74. The second-order valence-corrected chi connectivity index (χ2v) is 5.96. The maximum Gasteiger partial charge on any atom is 0.253 e. The van der Waals surface area contributed by atoms with E-state index in [-0.39, 0.29) is 11.7 Å². The van der Waals surface area contributed by atoms with Crippen molar-refractivity contribution in [2.24, 2.45) is 0 Å². The van der Waals surface area contributed by atoms with Gasteiger partial charge in [-0.05, 0) is 43.5 Å². The van der Waals surface area contributed by atoms with Gasteiger partial charge in [0.05, 0.1) is 0 Å². The quantitative estimate of drug-likeness (QED) is 0.871. The number of piperidine rings is 1. The fourth-order valence-corrected chi connectivity index (χ4v) is 3.11. The smallest absolute Gasteiger partial charge is 0.253 e. The van der Waals surface area contributed by atoms with E-state index in [9.17, 15) is 9.18 Å². The summed E-state index contributed by atoms with van der Waals surface area (Å²) in [7, 11) is 0. The summed E-state index contributed by atoms with van der Waals surface area (Å²) in [5, 5.41) is 8.29. The normalized spacial score (nSPS) is 15.8. The van der Waals surface area contributed by atoms with Gasteiger partial charge < -0.3 is 9.47 Å². The Balaban J connectivity index is 1.63. The number of amides is 1. The third-order valence-corrected chi connectivity index (χ3v) is 4.35. The topological polar surface area (TPSA) is 51.0 Å². The molecule has 0 unspecified atom stereocenters. The molecule has 122 valence electrons. The van der Waals surface area contributed by atoms with Crippen LogP contribution >= 0.6 is 0 Å². The molecule has 1 aliphatic rings. The maximum absolute atomic E-state index is 13.0. The zero-order chi connectivity index (χ0) is 16.2. The summed E-state index contributed by atoms with van der Waals surface area (Å²) in [5.41, 5.74) is 0.541. The average molecular weight is 316 g/mol. The van der Waals surface area contributed by atoms with Crippen LogP contribution < -0.4 is 0 Å². The fourth-order valence-electron chi connectivity index (χ4n) is 3.11. The van der Waals surface area contributed by atoms with E-state index < -0.39 is 0 Å². The first-order chi connectivity index (χ1) is 11.2. The zero-order valence-electron chi connectivity index (χ0n) is 13.3. The molecule has 0 aliphatic carbocycles. The summed E-state index contributed by atoms with van der Waals surface area (Å²) in [4.78, 5) is 14.3. The number of carbonyl (C=O) groups is 1. The van der Waals surface area contributed by atoms with Crippen LogP contribution in [0, 0.1) is 5.82 Å². The highest BCUT2D eigenvalue weighted by molar-refractivity contribution is 5.94. The minimum absolute atomic E-state index is 0.0292. The molecular weight excluding hydrogens is 295 g/mol. The molecule has 0 N–H and O–H groups in total. The van der Waals surface area contributed by atoms with Gasteiger partial charge in [0.1, 0.15) is 18.0 Å². The predicted molar refractivity (Wildman–Crippen MR) is 84.6 cm³/mol. The molecule has 3 rings (SSSR count). The Morgan fingerprint density at radius 1 is 1.26 bits per heavy atom. The molecule has 1 aromatic carbocycles. The van der Waals surface area contributed by atoms with Crippen LogP contribution in [0.1, 0.15) is 48.3 Å². The van der Waals surface area contributed by atoms with Crippen molar-refractivity contribution >= 4 is 5.91 Å². The van der Waals surface area contributed by atoms with Gasteiger partial charge in [-0.15, -0.1) is 10.2 Å². The highest BCUT2D eigenvalue weighted by Crippen LogP contribution is 2.27. The molecule has 5 nitrogen and oxygen atoms in total. The van der Waals surface area contributed by atoms with E-state index in [0.29, 0.717) is 24.6 Å². The van der Waals surface area contributed by atoms with Crippen molar-refractivity contribution in [1.29, 1.82) is 0 Å². The molecule has 0 bridgehead atoms. The Morgan fingerprint density at radius 2 is 1.96 bits per heavy atom. The van der Waals surface area contributed by atoms with Crippen molar-refractivity contribution < 1.29 is 9.18 Å². The monoisotopic (exact) mass is 316 g/mol. The minimum Gasteiger partial charge on any atom is -0.339 e. The molecule has 0 radical (unpaired) electrons. The maximum atomic E-state index is 13.0. The molecule has 0 atom stereocenters. The standard InChI is InChI=1S/C17H21FN4O/c1-2-9-22-12-19-20-16(22)13-7-10-21(11-8-13)17(23)14-3-5-15(18)6-4-14/h3-6,12-13H,2,7-11H2,1H3. The van der Waals surface area contributed by atoms with Gasteiger partial charge in [-0.1, -0.05) is 6.92 Å². The van der Waals surface area contributed by atoms with Crippen molar-refractivity contribution in [1.82, 2.24) is 19.7 Å². The molecule has 1 aliphatic heterocycles. The number of halogens is 1. The summed E-state index contributed by atoms with van der Waals surface area (Å²) in [6.07, 6.45) is 4.60. The van der Waals surface area contributed by atoms with Gasteiger partial charge in [0.2, 0.25) is 0 Å².